The molecule has 0 spiro atoms. The van der Waals surface area contributed by atoms with Gasteiger partial charge in [-0.05, 0) is 55.5 Å². The Hall–Kier alpha value is -2.65. The number of methoxy groups -OCH3 is 1. The number of benzene rings is 2. The molecule has 1 heterocycles. The Morgan fingerprint density at radius 1 is 1.13 bits per heavy atom. The summed E-state index contributed by atoms with van der Waals surface area (Å²) < 4.78 is 41.6. The molecule has 3 N–H and O–H groups in total. The number of halogens is 1. The minimum Gasteiger partial charge on any atom is -0.497 e. The van der Waals surface area contributed by atoms with E-state index in [2.05, 4.69) is 0 Å². The lowest BCUT2D eigenvalue weighted by Gasteiger charge is -2.32. The lowest BCUT2D eigenvalue weighted by Crippen LogP contribution is -2.43. The van der Waals surface area contributed by atoms with E-state index in [1.165, 1.54) is 19.2 Å². The van der Waals surface area contributed by atoms with Crippen molar-refractivity contribution in [2.75, 3.05) is 26.8 Å². The lowest BCUT2D eigenvalue weighted by molar-refractivity contribution is 0.180. The molecule has 1 fully saturated rings. The fourth-order valence-corrected chi connectivity index (χ4v) is 4.28. The van der Waals surface area contributed by atoms with Gasteiger partial charge in [0.25, 0.3) is 0 Å². The van der Waals surface area contributed by atoms with E-state index in [1.54, 1.807) is 24.3 Å². The van der Waals surface area contributed by atoms with E-state index in [9.17, 15) is 8.42 Å². The maximum atomic E-state index is 12.6. The molecule has 170 valence electrons. The van der Waals surface area contributed by atoms with E-state index in [0.29, 0.717) is 24.0 Å². The third kappa shape index (κ3) is 6.67. The van der Waals surface area contributed by atoms with Crippen molar-refractivity contribution in [2.45, 2.75) is 24.7 Å². The Morgan fingerprint density at radius 3 is 2.45 bits per heavy atom. The molecule has 0 bridgehead atoms. The summed E-state index contributed by atoms with van der Waals surface area (Å²) in [6.07, 6.45) is 1.78. The highest BCUT2D eigenvalue weighted by Crippen LogP contribution is 2.28. The molecule has 3 rings (SSSR count). The van der Waals surface area contributed by atoms with Crippen LogP contribution in [0.25, 0.3) is 0 Å². The average molecular weight is 470 g/mol. The molecule has 31 heavy (non-hydrogen) atoms. The molecule has 0 aromatic heterocycles. The van der Waals surface area contributed by atoms with Gasteiger partial charge in [-0.3, -0.25) is 5.41 Å². The molecule has 8 nitrogen and oxygen atoms in total. The Kier molecular flexibility index (Phi) is 8.41. The maximum absolute atomic E-state index is 12.6. The Labute approximate surface area is 189 Å². The summed E-state index contributed by atoms with van der Waals surface area (Å²) in [5.41, 5.74) is 6.36. The molecule has 0 aliphatic carbocycles. The number of nitrogens with one attached hydrogen (secondary N) is 1. The minimum absolute atomic E-state index is 0. The van der Waals surface area contributed by atoms with E-state index < -0.39 is 10.1 Å². The quantitative estimate of drug-likeness (QED) is 0.363. The van der Waals surface area contributed by atoms with Gasteiger partial charge < -0.3 is 24.3 Å². The number of ether oxygens (including phenoxy) is 2. The van der Waals surface area contributed by atoms with Crippen LogP contribution in [-0.2, 0) is 10.1 Å². The highest BCUT2D eigenvalue weighted by molar-refractivity contribution is 7.87. The summed E-state index contributed by atoms with van der Waals surface area (Å²) in [5.74, 6) is 1.64. The summed E-state index contributed by atoms with van der Waals surface area (Å²) >= 11 is 0. The molecule has 0 amide bonds. The molecule has 0 atom stereocenters. The van der Waals surface area contributed by atoms with Gasteiger partial charge in [0.05, 0.1) is 13.7 Å². The second kappa shape index (κ2) is 10.6. The Morgan fingerprint density at radius 2 is 1.81 bits per heavy atom. The highest BCUT2D eigenvalue weighted by atomic mass is 35.5. The number of nitrogens with zero attached hydrogens (tertiary/aromatic N) is 1. The monoisotopic (exact) mass is 469 g/mol. The van der Waals surface area contributed by atoms with E-state index in [1.807, 2.05) is 17.9 Å². The number of nitrogens with two attached hydrogens (primary N) is 1. The standard InChI is InChI=1S/C21H27N3O5S.ClH/c1-15-10-18(28-14-16-6-8-24(9-7-16)21(22)23)12-19(11-15)29-30(25,26)20-5-3-4-17(13-20)27-2;/h3-5,10-13,16H,6-9,14H2,1-2H3,(H3,22,23);1H. The Bertz CT molecular complexity index is 1010. The van der Waals surface area contributed by atoms with Crippen molar-refractivity contribution < 1.29 is 22.1 Å². The minimum atomic E-state index is -4.00. The molecule has 0 saturated carbocycles. The second-order valence-corrected chi connectivity index (χ2v) is 8.87. The zero-order valence-corrected chi connectivity index (χ0v) is 19.2. The van der Waals surface area contributed by atoms with Crippen molar-refractivity contribution in [2.24, 2.45) is 11.7 Å². The zero-order chi connectivity index (χ0) is 21.7. The first-order valence-corrected chi connectivity index (χ1v) is 11.1. The van der Waals surface area contributed by atoms with Crippen LogP contribution in [0.2, 0.25) is 0 Å². The van der Waals surface area contributed by atoms with Gasteiger partial charge in [0.1, 0.15) is 22.1 Å². The first-order valence-electron chi connectivity index (χ1n) is 9.69. The fourth-order valence-electron chi connectivity index (χ4n) is 3.33. The fraction of sp³-hybridized carbons (Fsp3) is 0.381. The van der Waals surface area contributed by atoms with Crippen LogP contribution in [0.15, 0.2) is 47.4 Å². The van der Waals surface area contributed by atoms with Crippen molar-refractivity contribution in [1.29, 1.82) is 5.41 Å². The molecule has 1 saturated heterocycles. The predicted octanol–water partition coefficient (Wildman–Crippen LogP) is 3.18. The van der Waals surface area contributed by atoms with Crippen molar-refractivity contribution in [3.05, 3.63) is 48.0 Å². The van der Waals surface area contributed by atoms with Crippen molar-refractivity contribution in [3.63, 3.8) is 0 Å². The normalized spacial score (nSPS) is 14.5. The van der Waals surface area contributed by atoms with Crippen LogP contribution < -0.4 is 19.4 Å². The van der Waals surface area contributed by atoms with E-state index in [4.69, 9.17) is 24.8 Å². The van der Waals surface area contributed by atoms with Gasteiger partial charge in [-0.1, -0.05) is 6.07 Å². The third-order valence-electron chi connectivity index (χ3n) is 5.00. The highest BCUT2D eigenvalue weighted by Gasteiger charge is 2.21. The molecule has 1 aliphatic rings. The number of hydrogen-bond acceptors (Lipinski definition) is 6. The smallest absolute Gasteiger partial charge is 0.339 e. The predicted molar refractivity (Wildman–Crippen MR) is 121 cm³/mol. The van der Waals surface area contributed by atoms with Crippen LogP contribution >= 0.6 is 12.4 Å². The first kappa shape index (κ1) is 24.6. The number of hydrogen-bond donors (Lipinski definition) is 2. The van der Waals surface area contributed by atoms with E-state index in [-0.39, 0.29) is 29.0 Å². The van der Waals surface area contributed by atoms with Gasteiger partial charge >= 0.3 is 10.1 Å². The van der Waals surface area contributed by atoms with Gasteiger partial charge in [-0.15, -0.1) is 12.4 Å². The van der Waals surface area contributed by atoms with Gasteiger partial charge in [0.2, 0.25) is 0 Å². The number of piperidine rings is 1. The summed E-state index contributed by atoms with van der Waals surface area (Å²) in [4.78, 5) is 1.86. The first-order chi connectivity index (χ1) is 14.3. The van der Waals surface area contributed by atoms with Gasteiger partial charge in [0, 0.05) is 25.2 Å². The summed E-state index contributed by atoms with van der Waals surface area (Å²) in [6.45, 7) is 3.84. The molecule has 0 radical (unpaired) electrons. The van der Waals surface area contributed by atoms with Crippen molar-refractivity contribution >= 4 is 28.5 Å². The number of aryl methyl sites for hydroxylation is 1. The molecular formula is C21H28ClN3O5S. The zero-order valence-electron chi connectivity index (χ0n) is 17.5. The Balaban J connectivity index is 0.00000341. The molecule has 1 aliphatic heterocycles. The largest absolute Gasteiger partial charge is 0.497 e. The number of guanidine groups is 1. The van der Waals surface area contributed by atoms with Crippen LogP contribution in [0.1, 0.15) is 18.4 Å². The molecule has 2 aromatic carbocycles. The number of rotatable bonds is 7. The van der Waals surface area contributed by atoms with Crippen LogP contribution in [0.4, 0.5) is 0 Å². The third-order valence-corrected chi connectivity index (χ3v) is 6.24. The van der Waals surface area contributed by atoms with Crippen molar-refractivity contribution in [3.8, 4) is 17.2 Å². The summed E-state index contributed by atoms with van der Waals surface area (Å²) in [7, 11) is -2.53. The summed E-state index contributed by atoms with van der Waals surface area (Å²) in [6, 6.07) is 11.2. The van der Waals surface area contributed by atoms with Gasteiger partial charge in [-0.25, -0.2) is 0 Å². The molecular weight excluding hydrogens is 442 g/mol. The van der Waals surface area contributed by atoms with Crippen LogP contribution in [-0.4, -0.2) is 46.1 Å². The van der Waals surface area contributed by atoms with Crippen LogP contribution in [0.3, 0.4) is 0 Å². The van der Waals surface area contributed by atoms with Crippen LogP contribution in [0, 0.1) is 18.3 Å². The molecule has 10 heteroatoms. The second-order valence-electron chi connectivity index (χ2n) is 7.32. The summed E-state index contributed by atoms with van der Waals surface area (Å²) in [5, 5.41) is 7.50. The van der Waals surface area contributed by atoms with Crippen molar-refractivity contribution in [1.82, 2.24) is 4.90 Å². The topological polar surface area (TPSA) is 115 Å². The van der Waals surface area contributed by atoms with E-state index >= 15 is 0 Å². The molecule has 2 aromatic rings. The van der Waals surface area contributed by atoms with Gasteiger partial charge in [0.15, 0.2) is 5.96 Å². The van der Waals surface area contributed by atoms with Crippen LogP contribution in [0.5, 0.6) is 17.2 Å². The molecule has 0 unspecified atom stereocenters. The SMILES string of the molecule is COc1cccc(S(=O)(=O)Oc2cc(C)cc(OCC3CCN(C(=N)N)CC3)c2)c1.Cl. The average Bonchev–Trinajstić information content (AvgIpc) is 2.72. The lowest BCUT2D eigenvalue weighted by atomic mass is 9.98. The van der Waals surface area contributed by atoms with E-state index in [0.717, 1.165) is 31.5 Å². The maximum Gasteiger partial charge on any atom is 0.339 e. The van der Waals surface area contributed by atoms with Gasteiger partial charge in [-0.2, -0.15) is 8.42 Å². The number of likely N-dealkylation sites (tertiary alicyclic amines) is 1.